The molecule has 0 radical (unpaired) electrons. The van der Waals surface area contributed by atoms with Gasteiger partial charge in [0.2, 0.25) is 5.88 Å². The highest BCUT2D eigenvalue weighted by atomic mass is 16.5. The van der Waals surface area contributed by atoms with Gasteiger partial charge >= 0.3 is 0 Å². The van der Waals surface area contributed by atoms with Gasteiger partial charge in [-0.2, -0.15) is 5.26 Å². The number of phenolic OH excluding ortho intramolecular Hbond substituents is 2. The lowest BCUT2D eigenvalue weighted by Gasteiger charge is -2.27. The molecule has 0 unspecified atom stereocenters. The number of fused-ring (bicyclic) bond motifs is 1. The minimum absolute atomic E-state index is 0.0000264. The fourth-order valence-electron chi connectivity index (χ4n) is 3.91. The second-order valence-electron chi connectivity index (χ2n) is 7.43. The second kappa shape index (κ2) is 7.92. The van der Waals surface area contributed by atoms with Crippen molar-refractivity contribution in [2.75, 3.05) is 0 Å². The van der Waals surface area contributed by atoms with Crippen LogP contribution >= 0.6 is 0 Å². The summed E-state index contributed by atoms with van der Waals surface area (Å²) in [6, 6.07) is 17.7. The van der Waals surface area contributed by atoms with Crippen molar-refractivity contribution in [2.24, 2.45) is 5.73 Å². The molecule has 0 bridgehead atoms. The van der Waals surface area contributed by atoms with E-state index in [4.69, 9.17) is 10.5 Å². The monoisotopic (exact) mass is 415 g/mol. The third kappa shape index (κ3) is 3.60. The first-order chi connectivity index (χ1) is 14.9. The molecular formula is C24H21N3O4. The zero-order valence-corrected chi connectivity index (χ0v) is 16.9. The Morgan fingerprint density at radius 2 is 1.87 bits per heavy atom. The van der Waals surface area contributed by atoms with Crippen LogP contribution in [0.4, 0.5) is 0 Å². The van der Waals surface area contributed by atoms with Crippen LogP contribution in [0, 0.1) is 18.3 Å². The van der Waals surface area contributed by atoms with Crippen LogP contribution < -0.4 is 16.0 Å². The number of benzene rings is 2. The summed E-state index contributed by atoms with van der Waals surface area (Å²) < 4.78 is 7.28. The smallest absolute Gasteiger partial charge is 0.258 e. The lowest BCUT2D eigenvalue weighted by atomic mass is 9.84. The first kappa shape index (κ1) is 20.1. The van der Waals surface area contributed by atoms with E-state index in [-0.39, 0.29) is 28.5 Å². The molecule has 0 spiro atoms. The molecular weight excluding hydrogens is 394 g/mol. The van der Waals surface area contributed by atoms with Crippen LogP contribution in [0.2, 0.25) is 0 Å². The van der Waals surface area contributed by atoms with Gasteiger partial charge in [-0.05, 0) is 36.6 Å². The van der Waals surface area contributed by atoms with E-state index in [9.17, 15) is 20.3 Å². The van der Waals surface area contributed by atoms with Gasteiger partial charge in [-0.25, -0.2) is 0 Å². The maximum atomic E-state index is 13.5. The highest BCUT2D eigenvalue weighted by Crippen LogP contribution is 2.40. The van der Waals surface area contributed by atoms with E-state index in [0.717, 1.165) is 11.1 Å². The molecule has 1 atom stereocenters. The first-order valence-corrected chi connectivity index (χ1v) is 9.78. The number of hydrogen-bond acceptors (Lipinski definition) is 6. The molecule has 3 aromatic rings. The molecule has 0 saturated carbocycles. The maximum absolute atomic E-state index is 13.5. The number of rotatable bonds is 4. The number of aromatic nitrogens is 1. The minimum Gasteiger partial charge on any atom is -0.504 e. The Kier molecular flexibility index (Phi) is 5.14. The van der Waals surface area contributed by atoms with Gasteiger partial charge in [-0.15, -0.1) is 0 Å². The van der Waals surface area contributed by atoms with Crippen LogP contribution in [0.5, 0.6) is 17.2 Å². The molecule has 31 heavy (non-hydrogen) atoms. The van der Waals surface area contributed by atoms with Crippen molar-refractivity contribution in [3.63, 3.8) is 0 Å². The number of allylic oxidation sites excluding steroid dienone is 1. The largest absolute Gasteiger partial charge is 0.504 e. The molecule has 156 valence electrons. The van der Waals surface area contributed by atoms with E-state index in [0.29, 0.717) is 30.0 Å². The summed E-state index contributed by atoms with van der Waals surface area (Å²) in [5.41, 5.74) is 8.57. The summed E-state index contributed by atoms with van der Waals surface area (Å²) in [4.78, 5) is 13.5. The van der Waals surface area contributed by atoms with Crippen LogP contribution in [-0.2, 0) is 13.0 Å². The van der Waals surface area contributed by atoms with Gasteiger partial charge < -0.3 is 25.3 Å². The predicted molar refractivity (Wildman–Crippen MR) is 115 cm³/mol. The molecule has 0 aliphatic carbocycles. The van der Waals surface area contributed by atoms with E-state index >= 15 is 0 Å². The molecule has 0 fully saturated rings. The minimum atomic E-state index is -0.619. The van der Waals surface area contributed by atoms with E-state index in [1.165, 1.54) is 12.1 Å². The SMILES string of the molecule is Cc1cc2c(c(=O)n1CCc1ccc(O)c(O)c1)[C@H](c1ccccc1)C(C#N)=C(N)O2. The quantitative estimate of drug-likeness (QED) is 0.563. The van der Waals surface area contributed by atoms with Crippen molar-refractivity contribution in [1.29, 1.82) is 5.26 Å². The Bertz CT molecular complexity index is 1290. The zero-order chi connectivity index (χ0) is 22.1. The molecule has 7 nitrogen and oxygen atoms in total. The summed E-state index contributed by atoms with van der Waals surface area (Å²) in [5.74, 6) is -0.663. The highest BCUT2D eigenvalue weighted by Gasteiger charge is 2.34. The number of hydrogen-bond donors (Lipinski definition) is 3. The van der Waals surface area contributed by atoms with Crippen LogP contribution in [0.1, 0.15) is 28.3 Å². The number of aromatic hydroxyl groups is 2. The van der Waals surface area contributed by atoms with Gasteiger partial charge in [-0.1, -0.05) is 36.4 Å². The lowest BCUT2D eigenvalue weighted by Crippen LogP contribution is -2.33. The number of phenols is 2. The number of ether oxygens (including phenoxy) is 1. The van der Waals surface area contributed by atoms with Gasteiger partial charge in [0.1, 0.15) is 17.4 Å². The Hall–Kier alpha value is -4.18. The van der Waals surface area contributed by atoms with Crippen molar-refractivity contribution in [3.05, 3.63) is 98.8 Å². The van der Waals surface area contributed by atoms with Crippen LogP contribution in [0.3, 0.4) is 0 Å². The number of nitrogens with zero attached hydrogens (tertiary/aromatic N) is 2. The standard InChI is InChI=1S/C24H21N3O4/c1-14-11-20-22(21(16-5-3-2-4-6-16)17(13-25)23(26)31-20)24(30)27(14)10-9-15-7-8-18(28)19(29)12-15/h2-8,11-12,21,28-29H,9-10,26H2,1H3/t21-/m1/s1. The van der Waals surface area contributed by atoms with E-state index in [1.54, 1.807) is 23.6 Å². The number of nitrogens with two attached hydrogens (primary N) is 1. The van der Waals surface area contributed by atoms with E-state index < -0.39 is 5.92 Å². The highest BCUT2D eigenvalue weighted by molar-refractivity contribution is 5.55. The van der Waals surface area contributed by atoms with Gasteiger partial charge in [-0.3, -0.25) is 4.79 Å². The van der Waals surface area contributed by atoms with Crippen molar-refractivity contribution < 1.29 is 14.9 Å². The predicted octanol–water partition coefficient (Wildman–Crippen LogP) is 3.03. The third-order valence-corrected chi connectivity index (χ3v) is 5.49. The average Bonchev–Trinajstić information content (AvgIpc) is 2.75. The average molecular weight is 415 g/mol. The maximum Gasteiger partial charge on any atom is 0.258 e. The fraction of sp³-hybridized carbons (Fsp3) is 0.167. The summed E-state index contributed by atoms with van der Waals surface area (Å²) in [6.45, 7) is 2.15. The van der Waals surface area contributed by atoms with Crippen LogP contribution in [-0.4, -0.2) is 14.8 Å². The summed E-state index contributed by atoms with van der Waals surface area (Å²) in [7, 11) is 0. The Labute approximate surface area is 178 Å². The second-order valence-corrected chi connectivity index (χ2v) is 7.43. The summed E-state index contributed by atoms with van der Waals surface area (Å²) in [5, 5.41) is 28.9. The van der Waals surface area contributed by atoms with E-state index in [2.05, 4.69) is 6.07 Å². The van der Waals surface area contributed by atoms with Gasteiger partial charge in [0, 0.05) is 18.3 Å². The summed E-state index contributed by atoms with van der Waals surface area (Å²) in [6.07, 6.45) is 0.466. The molecule has 2 heterocycles. The molecule has 0 saturated heterocycles. The molecule has 4 rings (SSSR count). The Balaban J connectivity index is 1.79. The van der Waals surface area contributed by atoms with Crippen molar-refractivity contribution in [1.82, 2.24) is 4.57 Å². The Morgan fingerprint density at radius 3 is 2.55 bits per heavy atom. The van der Waals surface area contributed by atoms with Gasteiger partial charge in [0.25, 0.3) is 5.56 Å². The molecule has 2 aromatic carbocycles. The number of aryl methyl sites for hydroxylation is 2. The van der Waals surface area contributed by atoms with Crippen molar-refractivity contribution >= 4 is 0 Å². The zero-order valence-electron chi connectivity index (χ0n) is 16.9. The summed E-state index contributed by atoms with van der Waals surface area (Å²) >= 11 is 0. The van der Waals surface area contributed by atoms with Crippen molar-refractivity contribution in [2.45, 2.75) is 25.8 Å². The first-order valence-electron chi connectivity index (χ1n) is 9.78. The fourth-order valence-corrected chi connectivity index (χ4v) is 3.91. The number of pyridine rings is 1. The molecule has 0 amide bonds. The molecule has 4 N–H and O–H groups in total. The number of nitriles is 1. The van der Waals surface area contributed by atoms with E-state index in [1.807, 2.05) is 30.3 Å². The molecule has 7 heteroatoms. The van der Waals surface area contributed by atoms with Crippen LogP contribution in [0.15, 0.2) is 70.8 Å². The molecule has 1 aliphatic heterocycles. The molecule has 1 aromatic heterocycles. The van der Waals surface area contributed by atoms with Crippen LogP contribution in [0.25, 0.3) is 0 Å². The normalized spacial score (nSPS) is 15.2. The van der Waals surface area contributed by atoms with Gasteiger partial charge in [0.15, 0.2) is 11.5 Å². The lowest BCUT2D eigenvalue weighted by molar-refractivity contribution is 0.388. The molecule has 1 aliphatic rings. The van der Waals surface area contributed by atoms with Crippen molar-refractivity contribution in [3.8, 4) is 23.3 Å². The van der Waals surface area contributed by atoms with Gasteiger partial charge in [0.05, 0.1) is 11.5 Å². The topological polar surface area (TPSA) is 122 Å². The Morgan fingerprint density at radius 1 is 1.13 bits per heavy atom. The third-order valence-electron chi connectivity index (χ3n) is 5.49.